The third-order valence-corrected chi connectivity index (χ3v) is 4.30. The van der Waals surface area contributed by atoms with E-state index in [-0.39, 0.29) is 23.2 Å². The molecule has 0 spiro atoms. The fourth-order valence-corrected chi connectivity index (χ4v) is 3.10. The van der Waals surface area contributed by atoms with Gasteiger partial charge in [0.25, 0.3) is 10.0 Å². The van der Waals surface area contributed by atoms with Gasteiger partial charge in [0.1, 0.15) is 0 Å². The Hall–Kier alpha value is -1.70. The molecule has 1 atom stereocenters. The number of aliphatic hydroxyl groups is 1. The molecule has 0 saturated carbocycles. The van der Waals surface area contributed by atoms with Crippen molar-refractivity contribution in [2.75, 3.05) is 0 Å². The minimum absolute atomic E-state index is 0.0993. The van der Waals surface area contributed by atoms with Crippen LogP contribution < -0.4 is 4.72 Å². The summed E-state index contributed by atoms with van der Waals surface area (Å²) < 4.78 is 26.9. The summed E-state index contributed by atoms with van der Waals surface area (Å²) in [5.41, 5.74) is 1.10. The van der Waals surface area contributed by atoms with E-state index in [1.807, 2.05) is 30.3 Å². The lowest BCUT2D eigenvalue weighted by Gasteiger charge is -2.14. The van der Waals surface area contributed by atoms with E-state index < -0.39 is 10.0 Å². The van der Waals surface area contributed by atoms with Gasteiger partial charge < -0.3 is 5.11 Å². The van der Waals surface area contributed by atoms with Crippen molar-refractivity contribution in [3.63, 3.8) is 0 Å². The van der Waals surface area contributed by atoms with E-state index in [9.17, 15) is 8.42 Å². The van der Waals surface area contributed by atoms with Gasteiger partial charge in [-0.05, 0) is 12.5 Å². The monoisotopic (exact) mass is 281 g/mol. The minimum atomic E-state index is -3.74. The van der Waals surface area contributed by atoms with Crippen molar-refractivity contribution in [2.24, 2.45) is 0 Å². The molecule has 102 valence electrons. The summed E-state index contributed by atoms with van der Waals surface area (Å²) in [6.07, 6.45) is 1.29. The lowest BCUT2D eigenvalue weighted by atomic mass is 10.1. The highest BCUT2D eigenvalue weighted by Gasteiger charge is 2.23. The van der Waals surface area contributed by atoms with Crippen LogP contribution in [0.4, 0.5) is 0 Å². The average Bonchev–Trinajstić information content (AvgIpc) is 2.88. The number of hydrogen-bond acceptors (Lipinski definition) is 4. The van der Waals surface area contributed by atoms with Crippen LogP contribution in [0.15, 0.2) is 41.6 Å². The van der Waals surface area contributed by atoms with E-state index in [1.54, 1.807) is 6.92 Å². The number of nitrogens with zero attached hydrogens (tertiary/aromatic N) is 1. The zero-order valence-electron chi connectivity index (χ0n) is 10.4. The van der Waals surface area contributed by atoms with Crippen LogP contribution in [0.3, 0.4) is 0 Å². The number of nitrogens with one attached hydrogen (secondary N) is 2. The second kappa shape index (κ2) is 5.52. The molecule has 3 N–H and O–H groups in total. The second-order valence-corrected chi connectivity index (χ2v) is 5.79. The highest BCUT2D eigenvalue weighted by molar-refractivity contribution is 7.89. The fourth-order valence-electron chi connectivity index (χ4n) is 1.75. The van der Waals surface area contributed by atoms with E-state index in [0.717, 1.165) is 5.56 Å². The van der Waals surface area contributed by atoms with Crippen molar-refractivity contribution in [3.05, 3.63) is 47.7 Å². The molecule has 0 aliphatic rings. The molecule has 1 unspecified atom stereocenters. The molecule has 2 aromatic rings. The molecule has 6 nitrogen and oxygen atoms in total. The predicted octanol–water partition coefficient (Wildman–Crippen LogP) is 0.941. The maximum Gasteiger partial charge on any atom is 0.258 e. The number of aromatic amines is 1. The molecule has 0 aliphatic heterocycles. The van der Waals surface area contributed by atoms with Gasteiger partial charge in [0.2, 0.25) is 0 Å². The first-order valence-corrected chi connectivity index (χ1v) is 7.23. The molecule has 1 aromatic carbocycles. The van der Waals surface area contributed by atoms with E-state index in [2.05, 4.69) is 14.9 Å². The zero-order valence-corrected chi connectivity index (χ0v) is 11.2. The highest BCUT2D eigenvalue weighted by Crippen LogP contribution is 2.17. The summed E-state index contributed by atoms with van der Waals surface area (Å²) in [7, 11) is -3.74. The summed E-state index contributed by atoms with van der Waals surface area (Å²) in [4.78, 5) is 0. The number of H-pyrrole nitrogens is 1. The lowest BCUT2D eigenvalue weighted by molar-refractivity contribution is 0.278. The normalized spacial score (nSPS) is 13.4. The molecule has 0 amide bonds. The molecule has 0 saturated heterocycles. The molecule has 0 aliphatic carbocycles. The van der Waals surface area contributed by atoms with Crippen LogP contribution in [0.25, 0.3) is 0 Å². The van der Waals surface area contributed by atoms with Crippen LogP contribution >= 0.6 is 0 Å². The number of rotatable bonds is 5. The van der Waals surface area contributed by atoms with Gasteiger partial charge in [-0.15, -0.1) is 0 Å². The Morgan fingerprint density at radius 2 is 2.05 bits per heavy atom. The first kappa shape index (κ1) is 13.7. The van der Waals surface area contributed by atoms with Crippen molar-refractivity contribution < 1.29 is 13.5 Å². The van der Waals surface area contributed by atoms with E-state index in [1.165, 1.54) is 6.20 Å². The van der Waals surface area contributed by atoms with Gasteiger partial charge in [-0.2, -0.15) is 5.10 Å². The Balaban J connectivity index is 2.23. The number of sulfonamides is 1. The van der Waals surface area contributed by atoms with E-state index in [0.29, 0.717) is 0 Å². The summed E-state index contributed by atoms with van der Waals surface area (Å²) in [5, 5.41) is 15.0. The Morgan fingerprint density at radius 1 is 1.37 bits per heavy atom. The van der Waals surface area contributed by atoms with E-state index >= 15 is 0 Å². The minimum Gasteiger partial charge on any atom is -0.392 e. The molecule has 2 rings (SSSR count). The number of aliphatic hydroxyl groups excluding tert-OH is 1. The van der Waals surface area contributed by atoms with Crippen molar-refractivity contribution in [2.45, 2.75) is 24.6 Å². The van der Waals surface area contributed by atoms with Crippen molar-refractivity contribution in [1.29, 1.82) is 0 Å². The van der Waals surface area contributed by atoms with Crippen LogP contribution in [0, 0.1) is 0 Å². The van der Waals surface area contributed by atoms with Gasteiger partial charge in [-0.1, -0.05) is 30.3 Å². The van der Waals surface area contributed by atoms with Gasteiger partial charge in [0.15, 0.2) is 5.03 Å². The molecule has 19 heavy (non-hydrogen) atoms. The summed E-state index contributed by atoms with van der Waals surface area (Å²) in [6.45, 7) is 1.37. The molecule has 0 radical (unpaired) electrons. The SMILES string of the molecule is CC(NS(=O)(=O)c1[nH]ncc1CO)c1ccccc1. The van der Waals surface area contributed by atoms with Gasteiger partial charge in [-0.3, -0.25) is 5.10 Å². The molecule has 1 aromatic heterocycles. The van der Waals surface area contributed by atoms with Gasteiger partial charge in [0, 0.05) is 11.6 Å². The lowest BCUT2D eigenvalue weighted by Crippen LogP contribution is -2.28. The summed E-state index contributed by atoms with van der Waals surface area (Å²) in [5.74, 6) is 0. The third kappa shape index (κ3) is 3.01. The predicted molar refractivity (Wildman–Crippen MR) is 69.7 cm³/mol. The van der Waals surface area contributed by atoms with E-state index in [4.69, 9.17) is 5.11 Å². The topological polar surface area (TPSA) is 95.1 Å². The average molecular weight is 281 g/mol. The summed E-state index contributed by atoms with van der Waals surface area (Å²) in [6, 6.07) is 8.86. The highest BCUT2D eigenvalue weighted by atomic mass is 32.2. The molecular formula is C12H15N3O3S. The molecule has 0 bridgehead atoms. The second-order valence-electron chi connectivity index (χ2n) is 4.14. The standard InChI is InChI=1S/C12H15N3O3S/c1-9(10-5-3-2-4-6-10)15-19(17,18)12-11(8-16)7-13-14-12/h2-7,9,15-16H,8H2,1H3,(H,13,14). The van der Waals surface area contributed by atoms with Crippen LogP contribution in [-0.4, -0.2) is 23.7 Å². The van der Waals surface area contributed by atoms with Crippen molar-refractivity contribution >= 4 is 10.0 Å². The first-order chi connectivity index (χ1) is 9.04. The van der Waals surface area contributed by atoms with Crippen LogP contribution in [-0.2, 0) is 16.6 Å². The Morgan fingerprint density at radius 3 is 2.68 bits per heavy atom. The Bertz CT molecular complexity index is 637. The fraction of sp³-hybridized carbons (Fsp3) is 0.250. The molecule has 7 heteroatoms. The van der Waals surface area contributed by atoms with Gasteiger partial charge >= 0.3 is 0 Å². The Labute approximate surface area is 111 Å². The zero-order chi connectivity index (χ0) is 13.9. The van der Waals surface area contributed by atoms with Gasteiger partial charge in [-0.25, -0.2) is 13.1 Å². The quantitative estimate of drug-likeness (QED) is 0.760. The molecular weight excluding hydrogens is 266 g/mol. The maximum absolute atomic E-state index is 12.2. The summed E-state index contributed by atoms with van der Waals surface area (Å²) >= 11 is 0. The largest absolute Gasteiger partial charge is 0.392 e. The molecule has 0 fully saturated rings. The smallest absolute Gasteiger partial charge is 0.258 e. The number of aromatic nitrogens is 2. The maximum atomic E-state index is 12.2. The van der Waals surface area contributed by atoms with Crippen LogP contribution in [0.1, 0.15) is 24.1 Å². The number of hydrogen-bond donors (Lipinski definition) is 3. The van der Waals surface area contributed by atoms with Crippen molar-refractivity contribution in [1.82, 2.24) is 14.9 Å². The molecule has 1 heterocycles. The van der Waals surface area contributed by atoms with Crippen LogP contribution in [0.2, 0.25) is 0 Å². The van der Waals surface area contributed by atoms with Crippen LogP contribution in [0.5, 0.6) is 0 Å². The van der Waals surface area contributed by atoms with Gasteiger partial charge in [0.05, 0.1) is 12.8 Å². The van der Waals surface area contributed by atoms with Crippen molar-refractivity contribution in [3.8, 4) is 0 Å². The first-order valence-electron chi connectivity index (χ1n) is 5.75. The Kier molecular flexibility index (Phi) is 3.98. The third-order valence-electron chi connectivity index (χ3n) is 2.75. The number of benzene rings is 1.